The lowest BCUT2D eigenvalue weighted by molar-refractivity contribution is -0.138. The molecule has 0 saturated carbocycles. The van der Waals surface area contributed by atoms with Crippen molar-refractivity contribution >= 4 is 5.78 Å². The van der Waals surface area contributed by atoms with Crippen molar-refractivity contribution in [2.75, 3.05) is 13.2 Å². The molecule has 1 saturated heterocycles. The molecule has 0 aliphatic carbocycles. The van der Waals surface area contributed by atoms with Crippen LogP contribution in [0.15, 0.2) is 24.3 Å². The molecule has 0 amide bonds. The van der Waals surface area contributed by atoms with Crippen LogP contribution in [0.3, 0.4) is 0 Å². The van der Waals surface area contributed by atoms with Crippen LogP contribution in [0.25, 0.3) is 0 Å². The summed E-state index contributed by atoms with van der Waals surface area (Å²) in [5, 5.41) is 0. The summed E-state index contributed by atoms with van der Waals surface area (Å²) in [6.07, 6.45) is -3.20. The highest BCUT2D eigenvalue weighted by Crippen LogP contribution is 2.33. The van der Waals surface area contributed by atoms with E-state index in [1.807, 2.05) is 0 Å². The zero-order valence-electron chi connectivity index (χ0n) is 9.67. The van der Waals surface area contributed by atoms with Crippen LogP contribution in [0, 0.1) is 5.92 Å². The number of alkyl halides is 3. The Morgan fingerprint density at radius 1 is 1.28 bits per heavy atom. The van der Waals surface area contributed by atoms with E-state index in [0.29, 0.717) is 19.4 Å². The minimum atomic E-state index is -4.50. The van der Waals surface area contributed by atoms with Gasteiger partial charge in [-0.1, -0.05) is 18.2 Å². The van der Waals surface area contributed by atoms with E-state index in [-0.39, 0.29) is 12.2 Å². The van der Waals surface area contributed by atoms with Crippen LogP contribution in [0.4, 0.5) is 13.2 Å². The molecular formula is C13H13F3O2. The summed E-state index contributed by atoms with van der Waals surface area (Å²) in [5.41, 5.74) is -1.11. The highest BCUT2D eigenvalue weighted by atomic mass is 19.4. The van der Waals surface area contributed by atoms with E-state index < -0.39 is 23.4 Å². The average Bonchev–Trinajstić information content (AvgIpc) is 2.38. The van der Waals surface area contributed by atoms with Gasteiger partial charge in [0.15, 0.2) is 5.78 Å². The number of carbonyl (C=O) groups excluding carboxylic acids is 1. The fourth-order valence-corrected chi connectivity index (χ4v) is 2.11. The van der Waals surface area contributed by atoms with Gasteiger partial charge in [0.2, 0.25) is 0 Å². The first-order valence-electron chi connectivity index (χ1n) is 5.78. The Kier molecular flexibility index (Phi) is 3.71. The Hall–Kier alpha value is -1.36. The van der Waals surface area contributed by atoms with E-state index in [1.54, 1.807) is 0 Å². The fourth-order valence-electron chi connectivity index (χ4n) is 2.11. The van der Waals surface area contributed by atoms with Gasteiger partial charge in [-0.3, -0.25) is 4.79 Å². The lowest BCUT2D eigenvalue weighted by Crippen LogP contribution is -2.27. The van der Waals surface area contributed by atoms with E-state index in [2.05, 4.69) is 0 Å². The van der Waals surface area contributed by atoms with Crippen molar-refractivity contribution in [3.63, 3.8) is 0 Å². The van der Waals surface area contributed by atoms with Crippen LogP contribution < -0.4 is 0 Å². The minimum absolute atomic E-state index is 0.213. The lowest BCUT2D eigenvalue weighted by atomic mass is 9.90. The Labute approximate surface area is 103 Å². The van der Waals surface area contributed by atoms with E-state index in [0.717, 1.165) is 6.07 Å². The third kappa shape index (κ3) is 2.72. The number of Topliss-reactive ketones (excluding diaryl/α,β-unsaturated/α-hetero) is 1. The first kappa shape index (κ1) is 13.1. The molecule has 0 bridgehead atoms. The van der Waals surface area contributed by atoms with Crippen molar-refractivity contribution in [1.29, 1.82) is 0 Å². The quantitative estimate of drug-likeness (QED) is 0.761. The maximum Gasteiger partial charge on any atom is 0.417 e. The van der Waals surface area contributed by atoms with Gasteiger partial charge in [0, 0.05) is 18.1 Å². The molecule has 1 aliphatic heterocycles. The molecule has 0 N–H and O–H groups in total. The SMILES string of the molecule is O=C(c1ccccc1C(F)(F)F)C1CCCOC1. The number of carbonyl (C=O) groups is 1. The number of hydrogen-bond acceptors (Lipinski definition) is 2. The van der Waals surface area contributed by atoms with E-state index in [1.165, 1.54) is 18.2 Å². The molecular weight excluding hydrogens is 245 g/mol. The van der Waals surface area contributed by atoms with Crippen LogP contribution in [0.1, 0.15) is 28.8 Å². The second-order valence-corrected chi connectivity index (χ2v) is 4.32. The molecule has 1 atom stereocenters. The number of hydrogen-bond donors (Lipinski definition) is 0. The average molecular weight is 258 g/mol. The molecule has 0 aromatic heterocycles. The summed E-state index contributed by atoms with van der Waals surface area (Å²) in [6.45, 7) is 0.787. The number of benzene rings is 1. The van der Waals surface area contributed by atoms with Crippen molar-refractivity contribution in [3.8, 4) is 0 Å². The zero-order chi connectivity index (χ0) is 13.2. The Bertz CT molecular complexity index is 434. The standard InChI is InChI=1S/C13H13F3O2/c14-13(15,16)11-6-2-1-5-10(11)12(17)9-4-3-7-18-8-9/h1-2,5-6,9H,3-4,7-8H2. The molecule has 0 radical (unpaired) electrons. The molecule has 1 unspecified atom stereocenters. The predicted octanol–water partition coefficient (Wildman–Crippen LogP) is 3.31. The fraction of sp³-hybridized carbons (Fsp3) is 0.462. The molecule has 2 rings (SSSR count). The van der Waals surface area contributed by atoms with Gasteiger partial charge in [-0.2, -0.15) is 13.2 Å². The molecule has 98 valence electrons. The maximum absolute atomic E-state index is 12.8. The van der Waals surface area contributed by atoms with Gasteiger partial charge in [0.05, 0.1) is 12.2 Å². The monoisotopic (exact) mass is 258 g/mol. The predicted molar refractivity (Wildman–Crippen MR) is 59.3 cm³/mol. The molecule has 0 spiro atoms. The summed E-state index contributed by atoms with van der Waals surface area (Å²) in [6, 6.07) is 4.92. The number of ketones is 1. The van der Waals surface area contributed by atoms with Crippen molar-refractivity contribution in [2.24, 2.45) is 5.92 Å². The number of halogens is 3. The third-order valence-electron chi connectivity index (χ3n) is 3.03. The second kappa shape index (κ2) is 5.10. The second-order valence-electron chi connectivity index (χ2n) is 4.32. The maximum atomic E-state index is 12.8. The molecule has 1 heterocycles. The minimum Gasteiger partial charge on any atom is -0.381 e. The van der Waals surface area contributed by atoms with E-state index in [9.17, 15) is 18.0 Å². The molecule has 18 heavy (non-hydrogen) atoms. The van der Waals surface area contributed by atoms with Gasteiger partial charge in [-0.15, -0.1) is 0 Å². The third-order valence-corrected chi connectivity index (χ3v) is 3.03. The summed E-state index contributed by atoms with van der Waals surface area (Å²) >= 11 is 0. The van der Waals surface area contributed by atoms with Crippen LogP contribution in [0.5, 0.6) is 0 Å². The molecule has 2 nitrogen and oxygen atoms in total. The Morgan fingerprint density at radius 3 is 2.61 bits per heavy atom. The normalized spacial score (nSPS) is 20.7. The lowest BCUT2D eigenvalue weighted by Gasteiger charge is -2.22. The zero-order valence-corrected chi connectivity index (χ0v) is 9.67. The van der Waals surface area contributed by atoms with Gasteiger partial charge < -0.3 is 4.74 Å². The van der Waals surface area contributed by atoms with Gasteiger partial charge in [0.1, 0.15) is 0 Å². The van der Waals surface area contributed by atoms with Crippen molar-refractivity contribution in [2.45, 2.75) is 19.0 Å². The first-order chi connectivity index (χ1) is 8.50. The van der Waals surface area contributed by atoms with Crippen molar-refractivity contribution < 1.29 is 22.7 Å². The first-order valence-corrected chi connectivity index (χ1v) is 5.78. The summed E-state index contributed by atoms with van der Waals surface area (Å²) in [7, 11) is 0. The van der Waals surface area contributed by atoms with Crippen LogP contribution in [-0.4, -0.2) is 19.0 Å². The smallest absolute Gasteiger partial charge is 0.381 e. The van der Waals surface area contributed by atoms with Crippen LogP contribution in [0.2, 0.25) is 0 Å². The van der Waals surface area contributed by atoms with Crippen molar-refractivity contribution in [1.82, 2.24) is 0 Å². The van der Waals surface area contributed by atoms with Crippen molar-refractivity contribution in [3.05, 3.63) is 35.4 Å². The van der Waals surface area contributed by atoms with Crippen LogP contribution in [-0.2, 0) is 10.9 Å². The molecule has 1 aliphatic rings. The largest absolute Gasteiger partial charge is 0.417 e. The van der Waals surface area contributed by atoms with E-state index in [4.69, 9.17) is 4.74 Å². The summed E-state index contributed by atoms with van der Waals surface area (Å²) < 4.78 is 43.5. The number of ether oxygens (including phenoxy) is 1. The highest BCUT2D eigenvalue weighted by molar-refractivity contribution is 5.99. The molecule has 1 aromatic rings. The highest BCUT2D eigenvalue weighted by Gasteiger charge is 2.36. The molecule has 5 heteroatoms. The van der Waals surface area contributed by atoms with Gasteiger partial charge in [-0.25, -0.2) is 0 Å². The summed E-state index contributed by atoms with van der Waals surface area (Å²) in [5.74, 6) is -0.926. The Balaban J connectivity index is 2.30. The molecule has 1 fully saturated rings. The topological polar surface area (TPSA) is 26.3 Å². The van der Waals surface area contributed by atoms with Crippen LogP contribution >= 0.6 is 0 Å². The Morgan fingerprint density at radius 2 is 2.00 bits per heavy atom. The van der Waals surface area contributed by atoms with E-state index >= 15 is 0 Å². The van der Waals surface area contributed by atoms with Gasteiger partial charge >= 0.3 is 6.18 Å². The number of rotatable bonds is 2. The summed E-state index contributed by atoms with van der Waals surface area (Å²) in [4.78, 5) is 12.1. The van der Waals surface area contributed by atoms with Gasteiger partial charge in [0.25, 0.3) is 0 Å². The van der Waals surface area contributed by atoms with Gasteiger partial charge in [-0.05, 0) is 18.9 Å². The molecule has 1 aromatic carbocycles.